The third-order valence-corrected chi connectivity index (χ3v) is 12.9. The van der Waals surface area contributed by atoms with Crippen molar-refractivity contribution in [3.63, 3.8) is 0 Å². The number of para-hydroxylation sites is 2. The van der Waals surface area contributed by atoms with Crippen LogP contribution in [0.2, 0.25) is 0 Å². The molecule has 2 heterocycles. The Hall–Kier alpha value is -7.42. The third kappa shape index (κ3) is 5.13. The highest BCUT2D eigenvalue weighted by Crippen LogP contribution is 2.49. The summed E-state index contributed by atoms with van der Waals surface area (Å²) in [7, 11) is 0. The maximum atomic E-state index is 2.46. The van der Waals surface area contributed by atoms with E-state index in [2.05, 4.69) is 229 Å². The van der Waals surface area contributed by atoms with Gasteiger partial charge in [0.25, 0.3) is 0 Å². The second-order valence-corrected chi connectivity index (χ2v) is 16.6. The minimum atomic E-state index is -0.0685. The highest BCUT2D eigenvalue weighted by molar-refractivity contribution is 6.12. The molecule has 0 spiro atoms. The Balaban J connectivity index is 1.04. The van der Waals surface area contributed by atoms with Crippen LogP contribution in [0.5, 0.6) is 0 Å². The molecule has 11 aromatic rings. The highest BCUT2D eigenvalue weighted by atomic mass is 15.0. The number of aromatic nitrogens is 2. The Morgan fingerprint density at radius 1 is 0.288 bits per heavy atom. The molecular weight excluding hydrogens is 713 g/mol. The molecule has 0 aliphatic heterocycles. The number of hydrogen-bond donors (Lipinski definition) is 0. The highest BCUT2D eigenvalue weighted by Gasteiger charge is 2.35. The molecule has 0 atom stereocenters. The van der Waals surface area contributed by atoms with Crippen molar-refractivity contribution in [2.45, 2.75) is 19.3 Å². The molecule has 2 heteroatoms. The zero-order valence-corrected chi connectivity index (χ0v) is 33.0. The van der Waals surface area contributed by atoms with E-state index in [9.17, 15) is 0 Å². The van der Waals surface area contributed by atoms with Gasteiger partial charge in [0.2, 0.25) is 0 Å². The fraction of sp³-hybridized carbons (Fsp3) is 0.0526. The summed E-state index contributed by atoms with van der Waals surface area (Å²) in [5, 5.41) is 5.01. The SMILES string of the molecule is CC1(C)c2ccccc2-c2ccc(-n3c4ccccc4c4cc(-c5ccc6c7ccccc7n(-c7cc(-c8ccccc8)cc(-c8ccccc8)c7)c6c5)ccc43)cc21. The van der Waals surface area contributed by atoms with Crippen LogP contribution in [0.1, 0.15) is 25.0 Å². The predicted octanol–water partition coefficient (Wildman–Crippen LogP) is 15.2. The van der Waals surface area contributed by atoms with E-state index in [4.69, 9.17) is 0 Å². The van der Waals surface area contributed by atoms with Crippen LogP contribution in [0, 0.1) is 0 Å². The largest absolute Gasteiger partial charge is 0.309 e. The second kappa shape index (κ2) is 12.8. The maximum absolute atomic E-state index is 2.46. The molecule has 0 radical (unpaired) electrons. The molecular formula is C57H40N2. The van der Waals surface area contributed by atoms with Crippen LogP contribution in [0.15, 0.2) is 206 Å². The molecule has 0 saturated heterocycles. The smallest absolute Gasteiger partial charge is 0.0547 e. The molecule has 59 heavy (non-hydrogen) atoms. The van der Waals surface area contributed by atoms with Gasteiger partial charge in [0.15, 0.2) is 0 Å². The van der Waals surface area contributed by atoms with Gasteiger partial charge in [-0.3, -0.25) is 0 Å². The summed E-state index contributed by atoms with van der Waals surface area (Å²) in [6, 6.07) is 76.2. The number of benzene rings is 9. The fourth-order valence-corrected chi connectivity index (χ4v) is 10.0. The normalized spacial score (nSPS) is 13.1. The van der Waals surface area contributed by atoms with Crippen molar-refractivity contribution in [2.75, 3.05) is 0 Å². The molecule has 0 fully saturated rings. The van der Waals surface area contributed by atoms with Crippen LogP contribution in [0.4, 0.5) is 0 Å². The van der Waals surface area contributed by atoms with E-state index < -0.39 is 0 Å². The molecule has 1 aliphatic rings. The summed E-state index contributed by atoms with van der Waals surface area (Å²) >= 11 is 0. The van der Waals surface area contributed by atoms with E-state index >= 15 is 0 Å². The monoisotopic (exact) mass is 752 g/mol. The van der Waals surface area contributed by atoms with Crippen molar-refractivity contribution in [3.8, 4) is 55.9 Å². The van der Waals surface area contributed by atoms with E-state index in [1.54, 1.807) is 0 Å². The van der Waals surface area contributed by atoms with E-state index in [0.29, 0.717) is 0 Å². The van der Waals surface area contributed by atoms with Gasteiger partial charge in [0.05, 0.1) is 22.1 Å². The van der Waals surface area contributed by atoms with Crippen LogP contribution in [-0.2, 0) is 5.41 Å². The zero-order valence-electron chi connectivity index (χ0n) is 33.0. The Labute approximate surface area is 343 Å². The van der Waals surface area contributed by atoms with Crippen LogP contribution in [-0.4, -0.2) is 9.13 Å². The van der Waals surface area contributed by atoms with Crippen LogP contribution in [0.25, 0.3) is 99.5 Å². The minimum Gasteiger partial charge on any atom is -0.309 e. The molecule has 2 nitrogen and oxygen atoms in total. The predicted molar refractivity (Wildman–Crippen MR) is 249 cm³/mol. The summed E-state index contributed by atoms with van der Waals surface area (Å²) in [6.45, 7) is 4.72. The molecule has 12 rings (SSSR count). The first-order chi connectivity index (χ1) is 29.0. The average Bonchev–Trinajstić information content (AvgIpc) is 3.89. The average molecular weight is 753 g/mol. The summed E-state index contributed by atoms with van der Waals surface area (Å²) < 4.78 is 4.92. The molecule has 9 aromatic carbocycles. The summed E-state index contributed by atoms with van der Waals surface area (Å²) in [6.07, 6.45) is 0. The van der Waals surface area contributed by atoms with Crippen molar-refractivity contribution in [3.05, 3.63) is 217 Å². The van der Waals surface area contributed by atoms with Gasteiger partial charge in [-0.25, -0.2) is 0 Å². The van der Waals surface area contributed by atoms with Crippen molar-refractivity contribution in [1.82, 2.24) is 9.13 Å². The molecule has 0 amide bonds. The van der Waals surface area contributed by atoms with Gasteiger partial charge in [-0.05, 0) is 116 Å². The van der Waals surface area contributed by atoms with E-state index in [-0.39, 0.29) is 5.41 Å². The maximum Gasteiger partial charge on any atom is 0.0547 e. The zero-order chi connectivity index (χ0) is 39.2. The number of rotatable bonds is 5. The van der Waals surface area contributed by atoms with Gasteiger partial charge >= 0.3 is 0 Å². The fourth-order valence-electron chi connectivity index (χ4n) is 10.0. The van der Waals surface area contributed by atoms with Gasteiger partial charge < -0.3 is 9.13 Å². The first-order valence-electron chi connectivity index (χ1n) is 20.6. The summed E-state index contributed by atoms with van der Waals surface area (Å²) in [5.74, 6) is 0. The molecule has 278 valence electrons. The number of fused-ring (bicyclic) bond motifs is 9. The lowest BCUT2D eigenvalue weighted by molar-refractivity contribution is 0.660. The molecule has 1 aliphatic carbocycles. The summed E-state index contributed by atoms with van der Waals surface area (Å²) in [4.78, 5) is 0. The number of hydrogen-bond acceptors (Lipinski definition) is 0. The van der Waals surface area contributed by atoms with E-state index in [1.165, 1.54) is 105 Å². The van der Waals surface area contributed by atoms with Gasteiger partial charge in [0.1, 0.15) is 0 Å². The molecule has 0 unspecified atom stereocenters. The minimum absolute atomic E-state index is 0.0685. The number of nitrogens with zero attached hydrogens (tertiary/aromatic N) is 2. The van der Waals surface area contributed by atoms with Crippen LogP contribution >= 0.6 is 0 Å². The van der Waals surface area contributed by atoms with Crippen molar-refractivity contribution in [1.29, 1.82) is 0 Å². The van der Waals surface area contributed by atoms with Gasteiger partial charge in [-0.15, -0.1) is 0 Å². The standard InChI is InChI=1S/C57H40N2/c1-57(2)51-22-12-9-19-45(51)46-29-27-43(36-52(46)57)58-54-24-14-11-21-48(54)50-34-39(26-30-55(50)58)40-25-28-49-47-20-10-13-23-53(47)59(56(49)35-40)44-32-41(37-15-5-3-6-16-37)31-42(33-44)38-17-7-4-8-18-38/h3-36H,1-2H3. The topological polar surface area (TPSA) is 9.86 Å². The first kappa shape index (κ1) is 33.7. The Morgan fingerprint density at radius 2 is 0.814 bits per heavy atom. The van der Waals surface area contributed by atoms with Gasteiger partial charge in [-0.2, -0.15) is 0 Å². The van der Waals surface area contributed by atoms with Crippen LogP contribution in [0.3, 0.4) is 0 Å². The van der Waals surface area contributed by atoms with Gasteiger partial charge in [0, 0.05) is 38.3 Å². The molecule has 0 bridgehead atoms. The second-order valence-electron chi connectivity index (χ2n) is 16.6. The Morgan fingerprint density at radius 3 is 1.53 bits per heavy atom. The van der Waals surface area contributed by atoms with Crippen molar-refractivity contribution < 1.29 is 0 Å². The summed E-state index contributed by atoms with van der Waals surface area (Å²) in [5.41, 5.74) is 19.8. The van der Waals surface area contributed by atoms with E-state index in [1.807, 2.05) is 0 Å². The molecule has 2 aromatic heterocycles. The lowest BCUT2D eigenvalue weighted by atomic mass is 9.82. The third-order valence-electron chi connectivity index (χ3n) is 12.9. The first-order valence-corrected chi connectivity index (χ1v) is 20.6. The lowest BCUT2D eigenvalue weighted by Gasteiger charge is -2.22. The van der Waals surface area contributed by atoms with E-state index in [0.717, 1.165) is 5.69 Å². The lowest BCUT2D eigenvalue weighted by Crippen LogP contribution is -2.15. The van der Waals surface area contributed by atoms with Crippen molar-refractivity contribution in [2.24, 2.45) is 0 Å². The Kier molecular flexibility index (Phi) is 7.31. The quantitative estimate of drug-likeness (QED) is 0.166. The Bertz CT molecular complexity index is 3400. The van der Waals surface area contributed by atoms with Crippen LogP contribution < -0.4 is 0 Å². The van der Waals surface area contributed by atoms with Crippen molar-refractivity contribution >= 4 is 43.6 Å². The molecule has 0 N–H and O–H groups in total. The van der Waals surface area contributed by atoms with Gasteiger partial charge in [-0.1, -0.05) is 159 Å². The molecule has 0 saturated carbocycles.